The summed E-state index contributed by atoms with van der Waals surface area (Å²) in [5.41, 5.74) is 0. The first-order valence-corrected chi connectivity index (χ1v) is 9.84. The predicted molar refractivity (Wildman–Crippen MR) is 80.9 cm³/mol. The number of rotatable bonds is 6. The van der Waals surface area contributed by atoms with Crippen LogP contribution in [0.3, 0.4) is 0 Å². The fraction of sp³-hybridized carbons (Fsp3) is 0.333. The third kappa shape index (κ3) is 3.83. The highest BCUT2D eigenvalue weighted by Gasteiger charge is 2.59. The van der Waals surface area contributed by atoms with E-state index in [1.165, 1.54) is 0 Å². The maximum atomic E-state index is 11.8. The van der Waals surface area contributed by atoms with Crippen LogP contribution in [-0.2, 0) is 29.7 Å². The van der Waals surface area contributed by atoms with Crippen LogP contribution in [0.25, 0.3) is 0 Å². The van der Waals surface area contributed by atoms with Crippen LogP contribution in [0.2, 0.25) is 0 Å². The van der Waals surface area contributed by atoms with E-state index in [-0.39, 0.29) is 4.31 Å². The van der Waals surface area contributed by atoms with E-state index in [2.05, 4.69) is 5.32 Å². The van der Waals surface area contributed by atoms with Crippen molar-refractivity contribution in [2.45, 2.75) is 11.4 Å². The lowest BCUT2D eigenvalue weighted by atomic mass is 10.1. The molecule has 0 radical (unpaired) electrons. The second-order valence-electron chi connectivity index (χ2n) is 4.98. The summed E-state index contributed by atoms with van der Waals surface area (Å²) in [7, 11) is -9.13. The molecule has 2 amide bonds. The molecule has 0 saturated carbocycles. The molecule has 0 bridgehead atoms. The van der Waals surface area contributed by atoms with E-state index in [4.69, 9.17) is 9.29 Å². The quantitative estimate of drug-likeness (QED) is 0.452. The van der Waals surface area contributed by atoms with Gasteiger partial charge in [-0.25, -0.2) is 8.42 Å². The molecule has 1 aromatic rings. The summed E-state index contributed by atoms with van der Waals surface area (Å²) in [6, 6.07) is 6.63. The topological polar surface area (TPSA) is 147 Å². The summed E-state index contributed by atoms with van der Waals surface area (Å²) in [4.78, 5) is 23.5. The van der Waals surface area contributed by atoms with Crippen LogP contribution in [0.5, 0.6) is 5.75 Å². The Bertz CT molecular complexity index is 850. The van der Waals surface area contributed by atoms with Crippen LogP contribution < -0.4 is 10.1 Å². The molecular weight excluding hydrogens is 364 g/mol. The molecule has 0 unspecified atom stereocenters. The van der Waals surface area contributed by atoms with Gasteiger partial charge in [0.15, 0.2) is 21.8 Å². The predicted octanol–water partition coefficient (Wildman–Crippen LogP) is -1.43. The molecule has 132 valence electrons. The number of nitrogens with zero attached hydrogens (tertiary/aromatic N) is 1. The molecule has 1 aliphatic rings. The third-order valence-electron chi connectivity index (χ3n) is 3.12. The molecule has 0 aliphatic carbocycles. The Balaban J connectivity index is 2.05. The number of hydrogen-bond donors (Lipinski definition) is 2. The van der Waals surface area contributed by atoms with E-state index in [0.29, 0.717) is 12.0 Å². The molecule has 2 rings (SSSR count). The minimum atomic E-state index is -5.05. The lowest BCUT2D eigenvalue weighted by molar-refractivity contribution is -0.142. The molecule has 12 heteroatoms. The highest BCUT2D eigenvalue weighted by atomic mass is 32.2. The summed E-state index contributed by atoms with van der Waals surface area (Å²) in [5.74, 6) is -1.69. The molecule has 2 atom stereocenters. The monoisotopic (exact) mass is 378 g/mol. The Kier molecular flexibility index (Phi) is 4.82. The zero-order chi connectivity index (χ0) is 18.1. The van der Waals surface area contributed by atoms with Gasteiger partial charge in [-0.1, -0.05) is 18.2 Å². The van der Waals surface area contributed by atoms with Gasteiger partial charge in [0.1, 0.15) is 11.8 Å². The van der Waals surface area contributed by atoms with Gasteiger partial charge in [-0.15, -0.1) is 0 Å². The number of hydrogen-bond acceptors (Lipinski definition) is 7. The Morgan fingerprint density at radius 2 is 1.83 bits per heavy atom. The van der Waals surface area contributed by atoms with Crippen molar-refractivity contribution < 1.29 is 35.7 Å². The van der Waals surface area contributed by atoms with Gasteiger partial charge in [0, 0.05) is 6.26 Å². The largest absolute Gasteiger partial charge is 0.484 e. The first-order chi connectivity index (χ1) is 11.0. The SMILES string of the molecule is CS(=O)(=O)[C@@H]1[C@H](NC(=O)COc2ccccc2)C(=O)N1S(=O)(=O)O. The first kappa shape index (κ1) is 18.2. The second-order valence-corrected chi connectivity index (χ2v) is 8.41. The van der Waals surface area contributed by atoms with Crippen molar-refractivity contribution in [2.75, 3.05) is 12.9 Å². The van der Waals surface area contributed by atoms with Crippen LogP contribution in [0.4, 0.5) is 0 Å². The molecule has 1 saturated heterocycles. The third-order valence-corrected chi connectivity index (χ3v) is 5.51. The van der Waals surface area contributed by atoms with E-state index in [1.807, 2.05) is 0 Å². The van der Waals surface area contributed by atoms with Crippen LogP contribution in [0, 0.1) is 0 Å². The number of amides is 2. The van der Waals surface area contributed by atoms with Gasteiger partial charge in [0.2, 0.25) is 0 Å². The summed E-state index contributed by atoms with van der Waals surface area (Å²) in [6.07, 6.45) is 0.682. The average Bonchev–Trinajstić information content (AvgIpc) is 2.46. The normalized spacial score (nSPS) is 21.1. The van der Waals surface area contributed by atoms with Gasteiger partial charge in [0.05, 0.1) is 0 Å². The van der Waals surface area contributed by atoms with Gasteiger partial charge < -0.3 is 10.1 Å². The fourth-order valence-electron chi connectivity index (χ4n) is 2.12. The number of para-hydroxylation sites is 1. The van der Waals surface area contributed by atoms with E-state index in [9.17, 15) is 26.4 Å². The van der Waals surface area contributed by atoms with Gasteiger partial charge >= 0.3 is 10.3 Å². The zero-order valence-electron chi connectivity index (χ0n) is 12.3. The number of nitrogens with one attached hydrogen (secondary N) is 1. The van der Waals surface area contributed by atoms with Crippen molar-refractivity contribution in [3.8, 4) is 5.75 Å². The molecule has 10 nitrogen and oxygen atoms in total. The maximum Gasteiger partial charge on any atom is 0.363 e. The minimum Gasteiger partial charge on any atom is -0.484 e. The Labute approximate surface area is 138 Å². The fourth-order valence-corrected chi connectivity index (χ4v) is 4.77. The molecular formula is C12H14N2O8S2. The Hall–Kier alpha value is -2.18. The summed E-state index contributed by atoms with van der Waals surface area (Å²) in [5, 5.41) is 0.183. The zero-order valence-corrected chi connectivity index (χ0v) is 14.0. The minimum absolute atomic E-state index is 0.189. The number of ether oxygens (including phenoxy) is 1. The summed E-state index contributed by atoms with van der Waals surface area (Å²) < 4.78 is 59.3. The second kappa shape index (κ2) is 6.37. The highest BCUT2D eigenvalue weighted by molar-refractivity contribution is 7.93. The smallest absolute Gasteiger partial charge is 0.363 e. The van der Waals surface area contributed by atoms with Gasteiger partial charge in [-0.05, 0) is 12.1 Å². The standard InChI is InChI=1S/C12H14N2O8S2/c1-23(17,18)12-10(11(16)14(12)24(19,20)21)13-9(15)7-22-8-5-3-2-4-6-8/h2-6,10,12H,7H2,1H3,(H,13,15)(H,19,20,21)/t10-,12-/m1/s1. The molecule has 0 spiro atoms. The lowest BCUT2D eigenvalue weighted by Gasteiger charge is -2.42. The van der Waals surface area contributed by atoms with E-state index >= 15 is 0 Å². The lowest BCUT2D eigenvalue weighted by Crippen LogP contribution is -2.74. The van der Waals surface area contributed by atoms with E-state index in [1.54, 1.807) is 30.3 Å². The van der Waals surface area contributed by atoms with Crippen molar-refractivity contribution >= 4 is 32.0 Å². The van der Waals surface area contributed by atoms with Gasteiger partial charge in [-0.3, -0.25) is 14.1 Å². The maximum absolute atomic E-state index is 11.8. The van der Waals surface area contributed by atoms with Gasteiger partial charge in [-0.2, -0.15) is 12.7 Å². The number of sulfone groups is 1. The number of β-lactam (4-membered cyclic amide) rings is 1. The molecule has 1 heterocycles. The molecule has 0 aromatic heterocycles. The van der Waals surface area contributed by atoms with Gasteiger partial charge in [0.25, 0.3) is 11.8 Å². The average molecular weight is 378 g/mol. The van der Waals surface area contributed by atoms with Crippen molar-refractivity contribution in [3.05, 3.63) is 30.3 Å². The first-order valence-electron chi connectivity index (χ1n) is 6.48. The summed E-state index contributed by atoms with van der Waals surface area (Å²) in [6.45, 7) is -0.504. The van der Waals surface area contributed by atoms with Crippen LogP contribution in [0.15, 0.2) is 30.3 Å². The van der Waals surface area contributed by atoms with Crippen molar-refractivity contribution in [3.63, 3.8) is 0 Å². The molecule has 1 aliphatic heterocycles. The van der Waals surface area contributed by atoms with Crippen LogP contribution in [-0.4, -0.2) is 61.8 Å². The van der Waals surface area contributed by atoms with Crippen molar-refractivity contribution in [1.82, 2.24) is 9.62 Å². The highest BCUT2D eigenvalue weighted by Crippen LogP contribution is 2.27. The number of carbonyl (C=O) groups is 2. The Morgan fingerprint density at radius 3 is 2.33 bits per heavy atom. The molecule has 1 fully saturated rings. The molecule has 1 aromatic carbocycles. The number of carbonyl (C=O) groups excluding carboxylic acids is 2. The summed E-state index contributed by atoms with van der Waals surface area (Å²) >= 11 is 0. The van der Waals surface area contributed by atoms with Crippen LogP contribution >= 0.6 is 0 Å². The van der Waals surface area contributed by atoms with Crippen molar-refractivity contribution in [2.24, 2.45) is 0 Å². The van der Waals surface area contributed by atoms with Crippen LogP contribution in [0.1, 0.15) is 0 Å². The van der Waals surface area contributed by atoms with Crippen molar-refractivity contribution in [1.29, 1.82) is 0 Å². The van der Waals surface area contributed by atoms with E-state index < -0.39 is 50.0 Å². The molecule has 24 heavy (non-hydrogen) atoms. The Morgan fingerprint density at radius 1 is 1.25 bits per heavy atom. The number of benzene rings is 1. The molecule has 2 N–H and O–H groups in total. The van der Waals surface area contributed by atoms with E-state index in [0.717, 1.165) is 0 Å².